The lowest BCUT2D eigenvalue weighted by atomic mass is 9.49. The van der Waals surface area contributed by atoms with Crippen LogP contribution in [0.4, 0.5) is 24.7 Å². The number of hydrogen-bond acceptors (Lipinski definition) is 11. The van der Waals surface area contributed by atoms with Crippen LogP contribution in [0.1, 0.15) is 102 Å². The van der Waals surface area contributed by atoms with Gasteiger partial charge in [-0.3, -0.25) is 39.1 Å². The highest BCUT2D eigenvalue weighted by Crippen LogP contribution is 2.56. The number of benzene rings is 2. The first kappa shape index (κ1) is 43.6. The molecule has 2 N–H and O–H groups in total. The fourth-order valence-corrected chi connectivity index (χ4v) is 10.5. The fourth-order valence-electron chi connectivity index (χ4n) is 10.5. The number of nitriles is 1. The van der Waals surface area contributed by atoms with E-state index in [9.17, 15) is 37.1 Å². The molecule has 1 aromatic heterocycles. The molecule has 0 spiro atoms. The Labute approximate surface area is 363 Å². The number of carbonyl (C=O) groups excluding carboxylic acids is 5. The highest BCUT2D eigenvalue weighted by atomic mass is 19.4. The number of aromatic nitrogens is 1. The molecule has 5 amide bonds. The number of rotatable bonds is 10. The Kier molecular flexibility index (Phi) is 11.5. The second-order valence-corrected chi connectivity index (χ2v) is 18.5. The monoisotopic (exact) mass is 868 g/mol. The van der Waals surface area contributed by atoms with Crippen LogP contribution in [-0.4, -0.2) is 108 Å². The first-order valence-electron chi connectivity index (χ1n) is 21.5. The Morgan fingerprint density at radius 1 is 0.889 bits per heavy atom. The van der Waals surface area contributed by atoms with Crippen LogP contribution in [0.15, 0.2) is 54.7 Å². The molecule has 3 aromatic rings. The van der Waals surface area contributed by atoms with Gasteiger partial charge in [-0.05, 0) is 86.7 Å². The Morgan fingerprint density at radius 3 is 2.22 bits per heavy atom. The highest BCUT2D eigenvalue weighted by Gasteiger charge is 2.64. The number of halogens is 3. The number of hydrogen-bond donors (Lipinski definition) is 2. The molecule has 3 saturated heterocycles. The first-order valence-corrected chi connectivity index (χ1v) is 21.5. The van der Waals surface area contributed by atoms with Gasteiger partial charge in [0.25, 0.3) is 17.7 Å². The minimum Gasteiger partial charge on any atom is -0.489 e. The van der Waals surface area contributed by atoms with Gasteiger partial charge in [0.1, 0.15) is 23.7 Å². The minimum atomic E-state index is -4.70. The first-order chi connectivity index (χ1) is 29.9. The van der Waals surface area contributed by atoms with Crippen molar-refractivity contribution >= 4 is 41.0 Å². The summed E-state index contributed by atoms with van der Waals surface area (Å²) in [4.78, 5) is 76.5. The van der Waals surface area contributed by atoms with Crippen molar-refractivity contribution in [3.05, 3.63) is 82.5 Å². The lowest BCUT2D eigenvalue weighted by molar-refractivity contribution is -0.164. The summed E-state index contributed by atoms with van der Waals surface area (Å²) < 4.78 is 46.9. The molecular formula is C46H51F3N8O6. The predicted molar refractivity (Wildman–Crippen MR) is 225 cm³/mol. The zero-order valence-electron chi connectivity index (χ0n) is 35.8. The van der Waals surface area contributed by atoms with Crippen LogP contribution in [0.25, 0.3) is 0 Å². The number of piperidine rings is 2. The fraction of sp³-hybridized carbons (Fsp3) is 0.500. The normalized spacial score (nSPS) is 23.8. The average Bonchev–Trinajstić information content (AvgIpc) is 3.51. The molecule has 1 unspecified atom stereocenters. The van der Waals surface area contributed by atoms with Crippen molar-refractivity contribution in [3.8, 4) is 11.8 Å². The largest absolute Gasteiger partial charge is 0.489 e. The van der Waals surface area contributed by atoms with E-state index in [0.717, 1.165) is 93.6 Å². The lowest BCUT2D eigenvalue weighted by Crippen LogP contribution is -2.74. The van der Waals surface area contributed by atoms with E-state index < -0.39 is 63.9 Å². The molecule has 5 aliphatic rings. The molecular weight excluding hydrogens is 818 g/mol. The van der Waals surface area contributed by atoms with E-state index in [-0.39, 0.29) is 41.7 Å². The third-order valence-corrected chi connectivity index (χ3v) is 13.7. The SMILES string of the molecule is CC1(C)C(NC(=O)c2ccc(N3CCC(CCN4CCN(c5ccc6c(c5)C(=O)N(C5CCC(=O)NC5=O)C6=O)CC4)CC3)nc2)C(C)(C)C1Oc1ccc(C#N)c(C(F)(F)F)c1. The third-order valence-electron chi connectivity index (χ3n) is 13.7. The highest BCUT2D eigenvalue weighted by molar-refractivity contribution is 6.23. The number of nitrogens with zero attached hydrogens (tertiary/aromatic N) is 6. The summed E-state index contributed by atoms with van der Waals surface area (Å²) in [7, 11) is 0. The van der Waals surface area contributed by atoms with Crippen molar-refractivity contribution in [3.63, 3.8) is 0 Å². The van der Waals surface area contributed by atoms with Gasteiger partial charge in [-0.1, -0.05) is 27.7 Å². The van der Waals surface area contributed by atoms with E-state index in [2.05, 4.69) is 30.3 Å². The number of imide groups is 2. The van der Waals surface area contributed by atoms with Crippen LogP contribution in [0, 0.1) is 28.1 Å². The van der Waals surface area contributed by atoms with Crippen LogP contribution in [0.3, 0.4) is 0 Å². The van der Waals surface area contributed by atoms with E-state index in [0.29, 0.717) is 11.5 Å². The van der Waals surface area contributed by atoms with Gasteiger partial charge in [-0.25, -0.2) is 4.98 Å². The molecule has 1 atom stereocenters. The Balaban J connectivity index is 0.775. The molecule has 4 fully saturated rings. The van der Waals surface area contributed by atoms with Gasteiger partial charge in [-0.2, -0.15) is 18.4 Å². The summed E-state index contributed by atoms with van der Waals surface area (Å²) in [5.74, 6) is -0.956. The number of piperazine rings is 1. The molecule has 2 aromatic carbocycles. The molecule has 332 valence electrons. The zero-order valence-corrected chi connectivity index (χ0v) is 35.8. The number of alkyl halides is 3. The number of pyridine rings is 1. The van der Waals surface area contributed by atoms with Crippen LogP contribution >= 0.6 is 0 Å². The maximum Gasteiger partial charge on any atom is 0.417 e. The minimum absolute atomic E-state index is 0.00920. The third kappa shape index (κ3) is 8.32. The van der Waals surface area contributed by atoms with Crippen LogP contribution < -0.4 is 25.2 Å². The van der Waals surface area contributed by atoms with E-state index >= 15 is 0 Å². The molecule has 0 radical (unpaired) electrons. The summed E-state index contributed by atoms with van der Waals surface area (Å²) in [6, 6.07) is 12.5. The number of anilines is 2. The zero-order chi connectivity index (χ0) is 45.0. The van der Waals surface area contributed by atoms with E-state index in [1.54, 1.807) is 30.5 Å². The van der Waals surface area contributed by atoms with Crippen LogP contribution in [-0.2, 0) is 15.8 Å². The van der Waals surface area contributed by atoms with E-state index in [4.69, 9.17) is 10.00 Å². The van der Waals surface area contributed by atoms with Crippen molar-refractivity contribution in [2.75, 3.05) is 55.6 Å². The van der Waals surface area contributed by atoms with Crippen LogP contribution in [0.5, 0.6) is 5.75 Å². The second-order valence-electron chi connectivity index (χ2n) is 18.5. The van der Waals surface area contributed by atoms with Crippen LogP contribution in [0.2, 0.25) is 0 Å². The lowest BCUT2D eigenvalue weighted by Gasteiger charge is -2.63. The van der Waals surface area contributed by atoms with E-state index in [1.165, 1.54) is 6.07 Å². The van der Waals surface area contributed by atoms with E-state index in [1.807, 2.05) is 39.8 Å². The van der Waals surface area contributed by atoms with Gasteiger partial charge in [0.2, 0.25) is 11.8 Å². The number of fused-ring (bicyclic) bond motifs is 1. The Hall–Kier alpha value is -6.02. The van der Waals surface area contributed by atoms with Crippen molar-refractivity contribution in [2.24, 2.45) is 16.7 Å². The maximum absolute atomic E-state index is 13.6. The number of amides is 5. The van der Waals surface area contributed by atoms with Crippen molar-refractivity contribution < 1.29 is 41.9 Å². The van der Waals surface area contributed by atoms with Gasteiger partial charge < -0.3 is 19.9 Å². The summed E-state index contributed by atoms with van der Waals surface area (Å²) in [6.07, 6.45) is -0.326. The quantitative estimate of drug-likeness (QED) is 0.250. The Morgan fingerprint density at radius 2 is 1.59 bits per heavy atom. The second kappa shape index (κ2) is 16.6. The summed E-state index contributed by atoms with van der Waals surface area (Å²) in [5, 5.41) is 14.5. The summed E-state index contributed by atoms with van der Waals surface area (Å²) in [5.41, 5.74) is -0.953. The molecule has 1 aliphatic carbocycles. The van der Waals surface area contributed by atoms with Gasteiger partial charge in [0, 0.05) is 74.4 Å². The van der Waals surface area contributed by atoms with Gasteiger partial charge >= 0.3 is 6.18 Å². The molecule has 14 nitrogen and oxygen atoms in total. The van der Waals surface area contributed by atoms with Gasteiger partial charge in [0.15, 0.2) is 0 Å². The molecule has 4 aliphatic heterocycles. The summed E-state index contributed by atoms with van der Waals surface area (Å²) >= 11 is 0. The molecule has 63 heavy (non-hydrogen) atoms. The topological polar surface area (TPSA) is 168 Å². The molecule has 1 saturated carbocycles. The molecule has 17 heteroatoms. The van der Waals surface area contributed by atoms with Crippen molar-refractivity contribution in [1.29, 1.82) is 5.26 Å². The average molecular weight is 869 g/mol. The molecule has 0 bridgehead atoms. The summed E-state index contributed by atoms with van der Waals surface area (Å²) in [6.45, 7) is 13.6. The standard InChI is InChI=1S/C46H51F3N8O6/c1-44(2)42(45(3,4)43(44)63-31-8-5-28(25-50)34(24-31)46(47,48)49)53-38(59)29-6-11-36(51-26-29)56-17-14-27(15-18-56)13-16-54-19-21-55(22-20-54)30-7-9-32-33(23-30)41(62)57(40(32)61)35-10-12-37(58)52-39(35)60/h5-9,11,23-24,26-27,35,42-43H,10,12-22H2,1-4H3,(H,53,59)(H,52,58,60). The number of nitrogens with one attached hydrogen (secondary N) is 2. The smallest absolute Gasteiger partial charge is 0.417 e. The predicted octanol–water partition coefficient (Wildman–Crippen LogP) is 5.41. The maximum atomic E-state index is 13.6. The number of carbonyl (C=O) groups is 5. The van der Waals surface area contributed by atoms with Gasteiger partial charge in [-0.15, -0.1) is 0 Å². The Bertz CT molecular complexity index is 2350. The molecule has 8 rings (SSSR count). The number of ether oxygens (including phenoxy) is 1. The van der Waals surface area contributed by atoms with Gasteiger partial charge in [0.05, 0.1) is 33.9 Å². The molecule has 5 heterocycles. The van der Waals surface area contributed by atoms with Crippen molar-refractivity contribution in [1.82, 2.24) is 25.4 Å². The van der Waals surface area contributed by atoms with Crippen molar-refractivity contribution in [2.45, 2.75) is 84.2 Å².